The maximum Gasteiger partial charge on any atom is 0.118 e. The van der Waals surface area contributed by atoms with Gasteiger partial charge in [-0.15, -0.1) is 0 Å². The molecule has 2 aromatic carbocycles. The summed E-state index contributed by atoms with van der Waals surface area (Å²) in [4.78, 5) is 7.12. The number of fused-ring (bicyclic) bond motifs is 1. The molecule has 1 heterocycles. The third kappa shape index (κ3) is 5.94. The maximum atomic E-state index is 5.28. The van der Waals surface area contributed by atoms with Crippen molar-refractivity contribution in [2.45, 2.75) is 25.3 Å². The number of hydrogen-bond acceptors (Lipinski definition) is 5. The van der Waals surface area contributed by atoms with E-state index in [2.05, 4.69) is 73.1 Å². The van der Waals surface area contributed by atoms with Crippen LogP contribution in [-0.2, 0) is 0 Å². The van der Waals surface area contributed by atoms with Crippen LogP contribution in [0, 0.1) is 0 Å². The normalized spacial score (nSPS) is 12.3. The average molecular weight is 407 g/mol. The summed E-state index contributed by atoms with van der Waals surface area (Å²) in [6.07, 6.45) is 3.45. The highest BCUT2D eigenvalue weighted by Crippen LogP contribution is 2.29. The zero-order valence-electron chi connectivity index (χ0n) is 18.6. The van der Waals surface area contributed by atoms with E-state index in [0.717, 1.165) is 59.5 Å². The van der Waals surface area contributed by atoms with E-state index in [9.17, 15) is 0 Å². The molecule has 0 fully saturated rings. The summed E-state index contributed by atoms with van der Waals surface area (Å²) < 4.78 is 5.28. The van der Waals surface area contributed by atoms with Gasteiger partial charge in [-0.1, -0.05) is 18.2 Å². The van der Waals surface area contributed by atoms with Gasteiger partial charge in [0.05, 0.1) is 18.3 Å². The Bertz CT molecular complexity index is 924. The van der Waals surface area contributed by atoms with Crippen molar-refractivity contribution in [2.75, 3.05) is 46.7 Å². The Labute approximate surface area is 180 Å². The Balaban J connectivity index is 1.71. The lowest BCUT2D eigenvalue weighted by atomic mass is 10.1. The summed E-state index contributed by atoms with van der Waals surface area (Å²) in [5.74, 6) is 0.853. The van der Waals surface area contributed by atoms with Crippen molar-refractivity contribution in [1.82, 2.24) is 15.2 Å². The number of rotatable bonds is 11. The summed E-state index contributed by atoms with van der Waals surface area (Å²) in [7, 11) is 8.00. The van der Waals surface area contributed by atoms with E-state index in [1.165, 1.54) is 6.42 Å². The van der Waals surface area contributed by atoms with E-state index in [4.69, 9.17) is 9.72 Å². The van der Waals surface area contributed by atoms with Crippen molar-refractivity contribution in [2.24, 2.45) is 0 Å². The molecule has 2 N–H and O–H groups in total. The zero-order valence-corrected chi connectivity index (χ0v) is 18.6. The first-order valence-corrected chi connectivity index (χ1v) is 10.7. The summed E-state index contributed by atoms with van der Waals surface area (Å²) in [5, 5.41) is 8.27. The van der Waals surface area contributed by atoms with Crippen molar-refractivity contribution in [3.8, 4) is 17.0 Å². The fourth-order valence-corrected chi connectivity index (χ4v) is 3.65. The molecular weight excluding hydrogens is 372 g/mol. The number of anilines is 1. The highest BCUT2D eigenvalue weighted by atomic mass is 16.5. The molecule has 0 aliphatic heterocycles. The van der Waals surface area contributed by atoms with Gasteiger partial charge in [0.2, 0.25) is 0 Å². The number of para-hydroxylation sites is 1. The van der Waals surface area contributed by atoms with Gasteiger partial charge >= 0.3 is 0 Å². The minimum atomic E-state index is 0.554. The zero-order chi connectivity index (χ0) is 21.3. The van der Waals surface area contributed by atoms with Gasteiger partial charge in [-0.05, 0) is 83.3 Å². The summed E-state index contributed by atoms with van der Waals surface area (Å²) >= 11 is 0. The number of ether oxygens (including phenoxy) is 1. The van der Waals surface area contributed by atoms with Crippen LogP contribution in [0.15, 0.2) is 54.6 Å². The predicted octanol–water partition coefficient (Wildman–Crippen LogP) is 4.64. The molecule has 0 spiro atoms. The maximum absolute atomic E-state index is 5.28. The number of nitrogens with one attached hydrogen (secondary N) is 2. The fourth-order valence-electron chi connectivity index (χ4n) is 3.65. The topological polar surface area (TPSA) is 49.4 Å². The van der Waals surface area contributed by atoms with Gasteiger partial charge in [0.25, 0.3) is 0 Å². The number of benzene rings is 2. The molecule has 30 heavy (non-hydrogen) atoms. The number of pyridine rings is 1. The lowest BCUT2D eigenvalue weighted by Gasteiger charge is -2.19. The van der Waals surface area contributed by atoms with Gasteiger partial charge in [-0.25, -0.2) is 4.98 Å². The smallest absolute Gasteiger partial charge is 0.118 e. The standard InChI is InChI=1S/C25H34N4O/c1-26-20(15-17-29(2)3)8-7-16-27-25-18-24(19-11-13-21(30-4)14-12-19)28-23-10-6-5-9-22(23)25/h5-6,9-14,18,20,26H,7-8,15-17H2,1-4H3,(H,27,28). The minimum Gasteiger partial charge on any atom is -0.497 e. The quantitative estimate of drug-likeness (QED) is 0.454. The van der Waals surface area contributed by atoms with Gasteiger partial charge in [-0.2, -0.15) is 0 Å². The molecule has 1 aromatic heterocycles. The molecule has 3 aromatic rings. The highest BCUT2D eigenvalue weighted by molar-refractivity contribution is 5.93. The SMILES string of the molecule is CNC(CCCNc1cc(-c2ccc(OC)cc2)nc2ccccc12)CCN(C)C. The Morgan fingerprint density at radius 1 is 1.03 bits per heavy atom. The number of nitrogens with zero attached hydrogens (tertiary/aromatic N) is 2. The van der Waals surface area contributed by atoms with Crippen LogP contribution in [0.2, 0.25) is 0 Å². The molecule has 1 atom stereocenters. The van der Waals surface area contributed by atoms with E-state index in [0.29, 0.717) is 6.04 Å². The predicted molar refractivity (Wildman–Crippen MR) is 127 cm³/mol. The van der Waals surface area contributed by atoms with E-state index < -0.39 is 0 Å². The van der Waals surface area contributed by atoms with Crippen molar-refractivity contribution in [1.29, 1.82) is 0 Å². The first-order chi connectivity index (χ1) is 14.6. The molecule has 160 valence electrons. The Kier molecular flexibility index (Phi) is 8.05. The third-order valence-corrected chi connectivity index (χ3v) is 5.48. The second-order valence-corrected chi connectivity index (χ2v) is 7.95. The number of aromatic nitrogens is 1. The van der Waals surface area contributed by atoms with Crippen LogP contribution in [0.5, 0.6) is 5.75 Å². The summed E-state index contributed by atoms with van der Waals surface area (Å²) in [5.41, 5.74) is 4.20. The Morgan fingerprint density at radius 2 is 1.80 bits per heavy atom. The summed E-state index contributed by atoms with van der Waals surface area (Å²) in [6.45, 7) is 2.05. The Morgan fingerprint density at radius 3 is 2.50 bits per heavy atom. The lowest BCUT2D eigenvalue weighted by molar-refractivity contribution is 0.356. The van der Waals surface area contributed by atoms with Crippen LogP contribution >= 0.6 is 0 Å². The molecule has 0 saturated carbocycles. The van der Waals surface area contributed by atoms with Crippen LogP contribution < -0.4 is 15.4 Å². The molecule has 0 radical (unpaired) electrons. The lowest BCUT2D eigenvalue weighted by Crippen LogP contribution is -2.30. The van der Waals surface area contributed by atoms with Gasteiger partial charge in [0, 0.05) is 29.2 Å². The van der Waals surface area contributed by atoms with Crippen LogP contribution in [0.1, 0.15) is 19.3 Å². The highest BCUT2D eigenvalue weighted by Gasteiger charge is 2.09. The van der Waals surface area contributed by atoms with Gasteiger partial charge in [0.15, 0.2) is 0 Å². The molecular formula is C25H34N4O. The molecule has 3 rings (SSSR count). The molecule has 0 aliphatic carbocycles. The van der Waals surface area contributed by atoms with Crippen LogP contribution in [0.3, 0.4) is 0 Å². The largest absolute Gasteiger partial charge is 0.497 e. The monoisotopic (exact) mass is 406 g/mol. The second-order valence-electron chi connectivity index (χ2n) is 7.95. The fraction of sp³-hybridized carbons (Fsp3) is 0.400. The molecule has 0 amide bonds. The minimum absolute atomic E-state index is 0.554. The van der Waals surface area contributed by atoms with Crippen molar-refractivity contribution in [3.63, 3.8) is 0 Å². The molecule has 0 aliphatic rings. The van der Waals surface area contributed by atoms with Crippen LogP contribution in [0.4, 0.5) is 5.69 Å². The number of methoxy groups -OCH3 is 1. The van der Waals surface area contributed by atoms with E-state index in [1.54, 1.807) is 7.11 Å². The van der Waals surface area contributed by atoms with E-state index in [1.807, 2.05) is 18.2 Å². The van der Waals surface area contributed by atoms with Gasteiger partial charge in [0.1, 0.15) is 5.75 Å². The van der Waals surface area contributed by atoms with Gasteiger partial charge < -0.3 is 20.3 Å². The molecule has 0 bridgehead atoms. The number of hydrogen-bond donors (Lipinski definition) is 2. The molecule has 5 nitrogen and oxygen atoms in total. The van der Waals surface area contributed by atoms with Crippen molar-refractivity contribution < 1.29 is 4.74 Å². The second kappa shape index (κ2) is 11.0. The molecule has 1 unspecified atom stereocenters. The van der Waals surface area contributed by atoms with Crippen molar-refractivity contribution >= 4 is 16.6 Å². The molecule has 0 saturated heterocycles. The van der Waals surface area contributed by atoms with Crippen LogP contribution in [-0.4, -0.2) is 57.3 Å². The van der Waals surface area contributed by atoms with E-state index >= 15 is 0 Å². The van der Waals surface area contributed by atoms with Crippen molar-refractivity contribution in [3.05, 3.63) is 54.6 Å². The average Bonchev–Trinajstić information content (AvgIpc) is 2.78. The first-order valence-electron chi connectivity index (χ1n) is 10.7. The van der Waals surface area contributed by atoms with Crippen LogP contribution in [0.25, 0.3) is 22.2 Å². The van der Waals surface area contributed by atoms with E-state index in [-0.39, 0.29) is 0 Å². The summed E-state index contributed by atoms with van der Waals surface area (Å²) in [6, 6.07) is 19.1. The third-order valence-electron chi connectivity index (χ3n) is 5.48. The Hall–Kier alpha value is -2.63. The van der Waals surface area contributed by atoms with Gasteiger partial charge in [-0.3, -0.25) is 0 Å². The first kappa shape index (κ1) is 22.1. The molecule has 5 heteroatoms.